The molecule has 9 rings (SSSR count). The Bertz CT molecular complexity index is 3600. The lowest BCUT2D eigenvalue weighted by Gasteiger charge is -2.35. The Kier molecular flexibility index (Phi) is 26.0. The van der Waals surface area contributed by atoms with Crippen molar-refractivity contribution in [2.24, 2.45) is 5.41 Å². The average molecular weight is 1310 g/mol. The highest BCUT2D eigenvalue weighted by atomic mass is 32.1. The van der Waals surface area contributed by atoms with Crippen LogP contribution in [-0.2, 0) is 68.7 Å². The monoisotopic (exact) mass is 1310 g/mol. The van der Waals surface area contributed by atoms with Gasteiger partial charge in [0.05, 0.1) is 106 Å². The molecule has 0 bridgehead atoms. The number of nitrogens with zero attached hydrogens (tertiary/aromatic N) is 5. The molecule has 92 heavy (non-hydrogen) atoms. The number of likely N-dealkylation sites (tertiary alicyclic amines) is 1. The van der Waals surface area contributed by atoms with Gasteiger partial charge in [-0.2, -0.15) is 0 Å². The molecule has 21 nitrogen and oxygen atoms in total. The van der Waals surface area contributed by atoms with E-state index in [1.54, 1.807) is 16.2 Å². The summed E-state index contributed by atoms with van der Waals surface area (Å²) >= 11 is 4.39. The number of hydrogen-bond acceptors (Lipinski definition) is 19. The van der Waals surface area contributed by atoms with E-state index in [1.807, 2.05) is 124 Å². The van der Waals surface area contributed by atoms with Gasteiger partial charge in [-0.1, -0.05) is 92.5 Å². The van der Waals surface area contributed by atoms with E-state index in [-0.39, 0.29) is 49.0 Å². The maximum atomic E-state index is 13.9. The van der Waals surface area contributed by atoms with Gasteiger partial charge in [0, 0.05) is 48.6 Å². The van der Waals surface area contributed by atoms with E-state index in [4.69, 9.17) is 33.2 Å². The summed E-state index contributed by atoms with van der Waals surface area (Å²) in [7, 11) is 0. The second-order valence-electron chi connectivity index (χ2n) is 23.0. The molecule has 0 radical (unpaired) electrons. The number of aryl methyl sites for hydroxylation is 2. The first-order valence-electron chi connectivity index (χ1n) is 31.0. The fraction of sp³-hybridized carbons (Fsp3) is 0.441. The minimum absolute atomic E-state index is 0.0424. The van der Waals surface area contributed by atoms with Crippen LogP contribution in [0.15, 0.2) is 96.5 Å². The van der Waals surface area contributed by atoms with Crippen molar-refractivity contribution in [3.63, 3.8) is 0 Å². The molecule has 5 heterocycles. The first kappa shape index (κ1) is 68.7. The topological polar surface area (TPSA) is 251 Å². The molecule has 3 aromatic heterocycles. The smallest absolute Gasteiger partial charge is 0.355 e. The van der Waals surface area contributed by atoms with Gasteiger partial charge in [0.1, 0.15) is 24.4 Å². The number of benzene rings is 4. The Morgan fingerprint density at radius 1 is 0.772 bits per heavy atom. The molecular formula is C68H80N8O13S3. The second-order valence-corrected chi connectivity index (χ2v) is 26.0. The van der Waals surface area contributed by atoms with Crippen molar-refractivity contribution < 1.29 is 62.2 Å². The number of carbonyl (C=O) groups excluding carboxylic acids is 4. The van der Waals surface area contributed by atoms with Crippen molar-refractivity contribution in [1.29, 1.82) is 0 Å². The molecular weight excluding hydrogens is 1230 g/mol. The molecule has 0 saturated carbocycles. The SMILES string of the molecule is Cc1ncsc1-c1ccc(CNC(=O)[C@@H]2CCCN2C(=O)[C@@H](NC(=O)CCOCCOCCOCCOCCOCCOCC#Cc2ccc(OCCCc3sc(N4CCc5cccc(C(=O)Nc6nc7ccccc7s6)c5C4)nc3C(=O)O)cc2)C(C)(C)C)cc1. The summed E-state index contributed by atoms with van der Waals surface area (Å²) in [5.41, 5.74) is 8.48. The standard InChI is InChI=1S/C68H80N8O13S3/c1-46-60(90-45-70-46)50-22-18-48(19-23-50)43-69-63(79)55-15-8-28-76(55)64(80)61(68(2,3)4)72-58(77)27-32-84-34-36-86-38-40-88-42-41-87-39-37-85-35-33-83-30-9-11-47-20-24-51(25-21-47)89-31-10-17-57-59(65(81)82)73-67(92-57)75-29-26-49-12-7-13-52(53(49)44-75)62(78)74-66-71-54-14-5-6-16-56(54)91-66/h5-7,12-14,16,18-25,45,55,61H,8,10,15,17,26-44H2,1-4H3,(H,69,79)(H,72,77)(H,81,82)(H,71,74,78)/t55-,61+/m0/s1. The van der Waals surface area contributed by atoms with E-state index in [1.165, 1.54) is 22.7 Å². The molecule has 1 saturated heterocycles. The Morgan fingerprint density at radius 3 is 2.14 bits per heavy atom. The number of hydrogen-bond donors (Lipinski definition) is 4. The number of ether oxygens (including phenoxy) is 7. The maximum Gasteiger partial charge on any atom is 0.355 e. The summed E-state index contributed by atoms with van der Waals surface area (Å²) in [5.74, 6) is 4.70. The van der Waals surface area contributed by atoms with E-state index < -0.39 is 23.5 Å². The van der Waals surface area contributed by atoms with E-state index in [0.29, 0.717) is 157 Å². The quantitative estimate of drug-likeness (QED) is 0.0216. The molecule has 0 aliphatic carbocycles. The van der Waals surface area contributed by atoms with Crippen LogP contribution in [0.2, 0.25) is 0 Å². The molecule has 2 atom stereocenters. The van der Waals surface area contributed by atoms with Gasteiger partial charge in [-0.25, -0.2) is 19.7 Å². The summed E-state index contributed by atoms with van der Waals surface area (Å²) < 4.78 is 40.6. The lowest BCUT2D eigenvalue weighted by atomic mass is 9.85. The third kappa shape index (κ3) is 20.2. The molecule has 0 spiro atoms. The van der Waals surface area contributed by atoms with Crippen LogP contribution in [0.5, 0.6) is 5.75 Å². The van der Waals surface area contributed by atoms with Gasteiger partial charge in [0.2, 0.25) is 17.7 Å². The van der Waals surface area contributed by atoms with Crippen molar-refractivity contribution in [2.75, 3.05) is 109 Å². The van der Waals surface area contributed by atoms with Gasteiger partial charge in [-0.05, 0) is 109 Å². The highest BCUT2D eigenvalue weighted by Gasteiger charge is 2.42. The van der Waals surface area contributed by atoms with Crippen molar-refractivity contribution in [3.05, 3.63) is 141 Å². The van der Waals surface area contributed by atoms with E-state index in [9.17, 15) is 29.1 Å². The second kappa shape index (κ2) is 34.8. The van der Waals surface area contributed by atoms with Crippen LogP contribution in [0.1, 0.15) is 100 Å². The van der Waals surface area contributed by atoms with Gasteiger partial charge in [-0.15, -0.1) is 22.7 Å². The van der Waals surface area contributed by atoms with Gasteiger partial charge < -0.3 is 58.7 Å². The Morgan fingerprint density at radius 2 is 1.47 bits per heavy atom. The fourth-order valence-corrected chi connectivity index (χ4v) is 13.2. The number of amides is 4. The molecule has 2 aliphatic rings. The van der Waals surface area contributed by atoms with Crippen LogP contribution in [0.25, 0.3) is 20.7 Å². The maximum absolute atomic E-state index is 13.9. The van der Waals surface area contributed by atoms with Crippen molar-refractivity contribution in [2.45, 2.75) is 91.4 Å². The number of carboxylic acids is 1. The third-order valence-corrected chi connectivity index (χ3v) is 18.4. The highest BCUT2D eigenvalue weighted by Crippen LogP contribution is 2.34. The molecule has 2 aliphatic heterocycles. The number of rotatable bonds is 34. The molecule has 4 aromatic carbocycles. The summed E-state index contributed by atoms with van der Waals surface area (Å²) in [6, 6.07) is 27.5. The summed E-state index contributed by atoms with van der Waals surface area (Å²) in [5, 5.41) is 20.1. The summed E-state index contributed by atoms with van der Waals surface area (Å²) in [6.45, 7) is 14.2. The van der Waals surface area contributed by atoms with Gasteiger partial charge >= 0.3 is 5.97 Å². The molecule has 7 aromatic rings. The fourth-order valence-electron chi connectivity index (χ4n) is 10.5. The Labute approximate surface area is 548 Å². The first-order valence-corrected chi connectivity index (χ1v) is 33.5. The minimum atomic E-state index is -1.08. The molecule has 4 N–H and O–H groups in total. The third-order valence-electron chi connectivity index (χ3n) is 15.3. The average Bonchev–Trinajstić information content (AvgIpc) is 1.46. The number of thiazole rings is 3. The Hall–Kier alpha value is -7.70. The first-order chi connectivity index (χ1) is 44.7. The van der Waals surface area contributed by atoms with E-state index in [0.717, 1.165) is 48.6 Å². The lowest BCUT2D eigenvalue weighted by molar-refractivity contribution is -0.144. The van der Waals surface area contributed by atoms with Crippen LogP contribution >= 0.6 is 34.0 Å². The zero-order valence-electron chi connectivity index (χ0n) is 52.5. The summed E-state index contributed by atoms with van der Waals surface area (Å²) in [4.78, 5) is 85.2. The van der Waals surface area contributed by atoms with Crippen LogP contribution in [0.3, 0.4) is 0 Å². The molecule has 4 amide bonds. The number of para-hydroxylation sites is 1. The van der Waals surface area contributed by atoms with E-state index in [2.05, 4.69) is 47.6 Å². The predicted molar refractivity (Wildman–Crippen MR) is 355 cm³/mol. The molecule has 0 unspecified atom stereocenters. The normalized spacial score (nSPS) is 14.2. The molecule has 488 valence electrons. The zero-order chi connectivity index (χ0) is 64.7. The molecule has 1 fully saturated rings. The number of anilines is 2. The summed E-state index contributed by atoms with van der Waals surface area (Å²) in [6.07, 6.45) is 3.09. The molecule has 24 heteroatoms. The highest BCUT2D eigenvalue weighted by molar-refractivity contribution is 7.22. The van der Waals surface area contributed by atoms with Gasteiger partial charge in [-0.3, -0.25) is 24.5 Å². The van der Waals surface area contributed by atoms with Crippen molar-refractivity contribution in [1.82, 2.24) is 30.5 Å². The zero-order valence-corrected chi connectivity index (χ0v) is 54.9. The number of aromatic carboxylic acids is 1. The van der Waals surface area contributed by atoms with Gasteiger partial charge in [0.25, 0.3) is 5.91 Å². The van der Waals surface area contributed by atoms with Crippen LogP contribution in [0, 0.1) is 24.2 Å². The van der Waals surface area contributed by atoms with Crippen molar-refractivity contribution >= 4 is 84.1 Å². The number of fused-ring (bicyclic) bond motifs is 2. The van der Waals surface area contributed by atoms with Crippen LogP contribution in [-0.4, -0.2) is 166 Å². The van der Waals surface area contributed by atoms with Gasteiger partial charge in [0.15, 0.2) is 16.0 Å². The predicted octanol–water partition coefficient (Wildman–Crippen LogP) is 9.39. The number of aromatic nitrogens is 3. The Balaban J connectivity index is 0.551. The minimum Gasteiger partial charge on any atom is -0.494 e. The number of carboxylic acid groups (broad SMARTS) is 1. The van der Waals surface area contributed by atoms with Crippen LogP contribution in [0.4, 0.5) is 10.3 Å². The lowest BCUT2D eigenvalue weighted by Crippen LogP contribution is -2.57. The van der Waals surface area contributed by atoms with Crippen LogP contribution < -0.4 is 25.6 Å². The largest absolute Gasteiger partial charge is 0.494 e. The number of nitrogens with one attached hydrogen (secondary N) is 3. The van der Waals surface area contributed by atoms with E-state index >= 15 is 0 Å². The van der Waals surface area contributed by atoms with Crippen molar-refractivity contribution in [3.8, 4) is 28.0 Å². The number of carbonyl (C=O) groups is 5.